The number of anilines is 2. The molecule has 2 aromatic rings. The summed E-state index contributed by atoms with van der Waals surface area (Å²) in [5, 5.41) is 5.84. The molecule has 0 radical (unpaired) electrons. The lowest BCUT2D eigenvalue weighted by Gasteiger charge is -2.11. The Hall–Kier alpha value is -2.27. The lowest BCUT2D eigenvalue weighted by molar-refractivity contribution is 0.262. The number of ether oxygens (including phenoxy) is 1. The number of methoxy groups -OCH3 is 1. The molecule has 1 aromatic carbocycles. The van der Waals surface area contributed by atoms with Gasteiger partial charge in [0.25, 0.3) is 0 Å². The molecule has 6 heteroatoms. The van der Waals surface area contributed by atoms with Crippen molar-refractivity contribution in [1.82, 2.24) is 4.98 Å². The van der Waals surface area contributed by atoms with Crippen LogP contribution >= 0.6 is 11.6 Å². The third kappa shape index (κ3) is 3.61. The number of urea groups is 1. The molecule has 0 fully saturated rings. The summed E-state index contributed by atoms with van der Waals surface area (Å²) in [7, 11) is 1.55. The van der Waals surface area contributed by atoms with Crippen molar-refractivity contribution in [1.29, 1.82) is 0 Å². The van der Waals surface area contributed by atoms with Gasteiger partial charge < -0.3 is 10.1 Å². The molecule has 2 amide bonds. The standard InChI is InChI=1S/C14H14ClN3O2/c1-9-3-5-12(20-2)11(7-9)17-14(19)18-13-6-4-10(15)8-16-13/h3-8H,1-2H3,(H2,16,17,18,19). The average Bonchev–Trinajstić information content (AvgIpc) is 2.41. The maximum absolute atomic E-state index is 11.9. The first-order valence-corrected chi connectivity index (χ1v) is 6.30. The maximum Gasteiger partial charge on any atom is 0.324 e. The van der Waals surface area contributed by atoms with E-state index < -0.39 is 6.03 Å². The summed E-state index contributed by atoms with van der Waals surface area (Å²) >= 11 is 5.73. The zero-order valence-electron chi connectivity index (χ0n) is 11.1. The number of hydrogen-bond acceptors (Lipinski definition) is 3. The average molecular weight is 292 g/mol. The number of benzene rings is 1. The van der Waals surface area contributed by atoms with Gasteiger partial charge in [0.1, 0.15) is 11.6 Å². The highest BCUT2D eigenvalue weighted by Crippen LogP contribution is 2.25. The Kier molecular flexibility index (Phi) is 4.42. The molecule has 0 bridgehead atoms. The molecule has 1 aromatic heterocycles. The molecule has 0 atom stereocenters. The van der Waals surface area contributed by atoms with Crippen LogP contribution in [-0.4, -0.2) is 18.1 Å². The molecule has 0 saturated heterocycles. The van der Waals surface area contributed by atoms with Gasteiger partial charge in [-0.3, -0.25) is 5.32 Å². The van der Waals surface area contributed by atoms with E-state index in [0.29, 0.717) is 22.3 Å². The van der Waals surface area contributed by atoms with Crippen molar-refractivity contribution in [2.75, 3.05) is 17.7 Å². The number of carbonyl (C=O) groups is 1. The van der Waals surface area contributed by atoms with Gasteiger partial charge in [-0.15, -0.1) is 0 Å². The van der Waals surface area contributed by atoms with E-state index in [2.05, 4.69) is 15.6 Å². The highest BCUT2D eigenvalue weighted by atomic mass is 35.5. The van der Waals surface area contributed by atoms with E-state index in [9.17, 15) is 4.79 Å². The normalized spacial score (nSPS) is 9.95. The fourth-order valence-electron chi connectivity index (χ4n) is 1.64. The zero-order chi connectivity index (χ0) is 14.5. The van der Waals surface area contributed by atoms with Gasteiger partial charge in [-0.2, -0.15) is 0 Å². The number of halogens is 1. The van der Waals surface area contributed by atoms with Gasteiger partial charge in [0.05, 0.1) is 17.8 Å². The summed E-state index contributed by atoms with van der Waals surface area (Å²) in [6, 6.07) is 8.40. The van der Waals surface area contributed by atoms with Crippen molar-refractivity contribution in [2.24, 2.45) is 0 Å². The van der Waals surface area contributed by atoms with Crippen LogP contribution in [0.3, 0.4) is 0 Å². The first-order valence-electron chi connectivity index (χ1n) is 5.92. The zero-order valence-corrected chi connectivity index (χ0v) is 11.9. The van der Waals surface area contributed by atoms with Gasteiger partial charge in [-0.1, -0.05) is 17.7 Å². The molecular weight excluding hydrogens is 278 g/mol. The molecule has 5 nitrogen and oxygen atoms in total. The van der Waals surface area contributed by atoms with Gasteiger partial charge in [-0.05, 0) is 36.8 Å². The summed E-state index contributed by atoms with van der Waals surface area (Å²) in [4.78, 5) is 15.9. The Bertz CT molecular complexity index is 614. The molecule has 0 saturated carbocycles. The van der Waals surface area contributed by atoms with E-state index in [-0.39, 0.29) is 0 Å². The van der Waals surface area contributed by atoms with Crippen LogP contribution in [0, 0.1) is 6.92 Å². The molecule has 104 valence electrons. The number of rotatable bonds is 3. The smallest absolute Gasteiger partial charge is 0.324 e. The molecule has 0 aliphatic heterocycles. The van der Waals surface area contributed by atoms with Crippen LogP contribution in [0.2, 0.25) is 5.02 Å². The summed E-state index contributed by atoms with van der Waals surface area (Å²) in [6.07, 6.45) is 1.46. The Morgan fingerprint density at radius 3 is 2.70 bits per heavy atom. The van der Waals surface area contributed by atoms with Gasteiger partial charge in [0.15, 0.2) is 0 Å². The van der Waals surface area contributed by atoms with Crippen molar-refractivity contribution < 1.29 is 9.53 Å². The molecule has 20 heavy (non-hydrogen) atoms. The topological polar surface area (TPSA) is 63.2 Å². The minimum absolute atomic E-state index is 0.399. The van der Waals surface area contributed by atoms with E-state index in [1.54, 1.807) is 25.3 Å². The minimum Gasteiger partial charge on any atom is -0.495 e. The second kappa shape index (κ2) is 6.25. The third-order valence-electron chi connectivity index (χ3n) is 2.57. The van der Waals surface area contributed by atoms with Crippen LogP contribution in [0.5, 0.6) is 5.75 Å². The number of aryl methyl sites for hydroxylation is 1. The van der Waals surface area contributed by atoms with Crippen LogP contribution in [0.25, 0.3) is 0 Å². The lowest BCUT2D eigenvalue weighted by atomic mass is 10.2. The van der Waals surface area contributed by atoms with Gasteiger partial charge in [0, 0.05) is 6.20 Å². The van der Waals surface area contributed by atoms with Gasteiger partial charge in [0.2, 0.25) is 0 Å². The molecule has 2 rings (SSSR count). The first-order chi connectivity index (χ1) is 9.58. The monoisotopic (exact) mass is 291 g/mol. The Balaban J connectivity index is 2.08. The summed E-state index contributed by atoms with van der Waals surface area (Å²) in [5.74, 6) is 1.01. The van der Waals surface area contributed by atoms with Crippen molar-refractivity contribution in [3.63, 3.8) is 0 Å². The Labute approximate surface area is 121 Å². The van der Waals surface area contributed by atoms with Gasteiger partial charge >= 0.3 is 6.03 Å². The minimum atomic E-state index is -0.399. The first kappa shape index (κ1) is 14.1. The Morgan fingerprint density at radius 2 is 2.05 bits per heavy atom. The molecule has 0 unspecified atom stereocenters. The number of nitrogens with zero attached hydrogens (tertiary/aromatic N) is 1. The second-order valence-corrected chi connectivity index (χ2v) is 4.58. The van der Waals surface area contributed by atoms with Crippen LogP contribution in [0.15, 0.2) is 36.5 Å². The fraction of sp³-hybridized carbons (Fsp3) is 0.143. The van der Waals surface area contributed by atoms with E-state index in [4.69, 9.17) is 16.3 Å². The summed E-state index contributed by atoms with van der Waals surface area (Å²) in [6.45, 7) is 1.93. The molecule has 0 aliphatic rings. The van der Waals surface area contributed by atoms with E-state index >= 15 is 0 Å². The lowest BCUT2D eigenvalue weighted by Crippen LogP contribution is -2.20. The number of aromatic nitrogens is 1. The predicted octanol–water partition coefficient (Wildman–Crippen LogP) is 3.70. The molecule has 0 aliphatic carbocycles. The molecular formula is C14H14ClN3O2. The SMILES string of the molecule is COc1ccc(C)cc1NC(=O)Nc1ccc(Cl)cn1. The number of carbonyl (C=O) groups excluding carboxylic acids is 1. The number of amides is 2. The third-order valence-corrected chi connectivity index (χ3v) is 2.80. The summed E-state index contributed by atoms with van der Waals surface area (Å²) < 4.78 is 5.19. The quantitative estimate of drug-likeness (QED) is 0.906. The predicted molar refractivity (Wildman–Crippen MR) is 79.6 cm³/mol. The summed E-state index contributed by atoms with van der Waals surface area (Å²) in [5.41, 5.74) is 1.62. The van der Waals surface area contributed by atoms with Crippen LogP contribution in [0.1, 0.15) is 5.56 Å². The van der Waals surface area contributed by atoms with Crippen molar-refractivity contribution in [3.05, 3.63) is 47.1 Å². The maximum atomic E-state index is 11.9. The largest absolute Gasteiger partial charge is 0.495 e. The van der Waals surface area contributed by atoms with Crippen LogP contribution < -0.4 is 15.4 Å². The van der Waals surface area contributed by atoms with Crippen molar-refractivity contribution >= 4 is 29.1 Å². The van der Waals surface area contributed by atoms with E-state index in [1.807, 2.05) is 19.1 Å². The number of hydrogen-bond donors (Lipinski definition) is 2. The highest BCUT2D eigenvalue weighted by Gasteiger charge is 2.08. The number of pyridine rings is 1. The van der Waals surface area contributed by atoms with Crippen molar-refractivity contribution in [2.45, 2.75) is 6.92 Å². The Morgan fingerprint density at radius 1 is 1.25 bits per heavy atom. The van der Waals surface area contributed by atoms with Crippen LogP contribution in [-0.2, 0) is 0 Å². The highest BCUT2D eigenvalue weighted by molar-refractivity contribution is 6.30. The molecule has 1 heterocycles. The molecule has 2 N–H and O–H groups in total. The van der Waals surface area contributed by atoms with Crippen molar-refractivity contribution in [3.8, 4) is 5.75 Å². The second-order valence-electron chi connectivity index (χ2n) is 4.14. The van der Waals surface area contributed by atoms with E-state index in [1.165, 1.54) is 6.20 Å². The molecule has 0 spiro atoms. The fourth-order valence-corrected chi connectivity index (χ4v) is 1.75. The number of nitrogens with one attached hydrogen (secondary N) is 2. The van der Waals surface area contributed by atoms with Crippen LogP contribution in [0.4, 0.5) is 16.3 Å². The van der Waals surface area contributed by atoms with Gasteiger partial charge in [-0.25, -0.2) is 9.78 Å². The van der Waals surface area contributed by atoms with E-state index in [0.717, 1.165) is 5.56 Å².